The molecule has 1 aliphatic carbocycles. The van der Waals surface area contributed by atoms with Crippen molar-refractivity contribution in [1.29, 1.82) is 0 Å². The largest absolute Gasteiger partial charge is 0.485 e. The van der Waals surface area contributed by atoms with Crippen LogP contribution in [0.4, 0.5) is 0 Å². The first-order valence-corrected chi connectivity index (χ1v) is 8.90. The molecule has 2 aromatic rings. The van der Waals surface area contributed by atoms with E-state index in [4.69, 9.17) is 9.47 Å². The lowest BCUT2D eigenvalue weighted by Crippen LogP contribution is -2.44. The van der Waals surface area contributed by atoms with E-state index in [0.717, 1.165) is 18.1 Å². The molecular formula is C19H23N3O3. The summed E-state index contributed by atoms with van der Waals surface area (Å²) in [5, 5.41) is 2.96. The smallest absolute Gasteiger partial charge is 0.264 e. The molecule has 1 atom stereocenters. The molecule has 0 radical (unpaired) electrons. The number of ether oxygens (including phenoxy) is 2. The van der Waals surface area contributed by atoms with Gasteiger partial charge in [0.25, 0.3) is 5.91 Å². The van der Waals surface area contributed by atoms with Crippen LogP contribution in [0.5, 0.6) is 11.5 Å². The van der Waals surface area contributed by atoms with Crippen molar-refractivity contribution in [1.82, 2.24) is 14.9 Å². The Kier molecular flexibility index (Phi) is 4.34. The van der Waals surface area contributed by atoms with Gasteiger partial charge in [0.15, 0.2) is 11.5 Å². The van der Waals surface area contributed by atoms with Crippen molar-refractivity contribution in [2.75, 3.05) is 13.2 Å². The van der Waals surface area contributed by atoms with E-state index < -0.39 is 6.10 Å². The quantitative estimate of drug-likeness (QED) is 0.907. The van der Waals surface area contributed by atoms with Crippen molar-refractivity contribution in [2.24, 2.45) is 0 Å². The molecule has 1 aromatic carbocycles. The maximum atomic E-state index is 12.4. The number of aryl methyl sites for hydroxylation is 1. The van der Waals surface area contributed by atoms with Crippen molar-refractivity contribution in [3.8, 4) is 11.5 Å². The van der Waals surface area contributed by atoms with Crippen LogP contribution in [0.1, 0.15) is 36.7 Å². The molecule has 1 N–H and O–H groups in total. The van der Waals surface area contributed by atoms with E-state index in [0.29, 0.717) is 24.0 Å². The minimum absolute atomic E-state index is 0.141. The Morgan fingerprint density at radius 1 is 1.32 bits per heavy atom. The maximum absolute atomic E-state index is 12.4. The Bertz CT molecular complexity index is 767. The van der Waals surface area contributed by atoms with Gasteiger partial charge in [-0.15, -0.1) is 0 Å². The molecule has 4 rings (SSSR count). The average Bonchev–Trinajstić information content (AvgIpc) is 2.94. The number of amides is 1. The first-order chi connectivity index (χ1) is 12.2. The molecule has 1 amide bonds. The Balaban J connectivity index is 1.32. The zero-order valence-electron chi connectivity index (χ0n) is 14.4. The number of hydrogen-bond donors (Lipinski definition) is 1. The van der Waals surface area contributed by atoms with Gasteiger partial charge in [0.05, 0.1) is 0 Å². The minimum Gasteiger partial charge on any atom is -0.485 e. The summed E-state index contributed by atoms with van der Waals surface area (Å²) < 4.78 is 13.6. The summed E-state index contributed by atoms with van der Waals surface area (Å²) in [7, 11) is 0. The van der Waals surface area contributed by atoms with E-state index in [1.807, 2.05) is 30.5 Å². The number of carbonyl (C=O) groups excluding carboxylic acids is 1. The number of carbonyl (C=O) groups is 1. The number of rotatable bonds is 5. The van der Waals surface area contributed by atoms with Gasteiger partial charge in [-0.2, -0.15) is 0 Å². The fourth-order valence-electron chi connectivity index (χ4n) is 3.32. The normalized spacial score (nSPS) is 19.3. The number of para-hydroxylation sites is 2. The third-order valence-corrected chi connectivity index (χ3v) is 4.99. The van der Waals surface area contributed by atoms with Crippen molar-refractivity contribution < 1.29 is 14.3 Å². The van der Waals surface area contributed by atoms with Gasteiger partial charge in [-0.05, 0) is 31.9 Å². The topological polar surface area (TPSA) is 65.4 Å². The summed E-state index contributed by atoms with van der Waals surface area (Å²) in [6, 6.07) is 7.41. The van der Waals surface area contributed by atoms with Crippen LogP contribution in [-0.2, 0) is 11.3 Å². The number of nitrogens with one attached hydrogen (secondary N) is 1. The fourth-order valence-corrected chi connectivity index (χ4v) is 3.32. The molecule has 1 saturated carbocycles. The molecule has 1 aromatic heterocycles. The lowest BCUT2D eigenvalue weighted by molar-refractivity contribution is -0.130. The van der Waals surface area contributed by atoms with Crippen LogP contribution in [0.3, 0.4) is 0 Å². The number of benzene rings is 1. The van der Waals surface area contributed by atoms with Crippen LogP contribution in [0.2, 0.25) is 0 Å². The van der Waals surface area contributed by atoms with Crippen molar-refractivity contribution in [3.63, 3.8) is 0 Å². The molecule has 2 aliphatic rings. The average molecular weight is 341 g/mol. The molecule has 2 heterocycles. The van der Waals surface area contributed by atoms with E-state index in [-0.39, 0.29) is 12.5 Å². The highest BCUT2D eigenvalue weighted by atomic mass is 16.6. The third kappa shape index (κ3) is 3.21. The summed E-state index contributed by atoms with van der Waals surface area (Å²) in [6.45, 7) is 3.58. The summed E-state index contributed by atoms with van der Waals surface area (Å²) in [6.07, 6.45) is 5.04. The van der Waals surface area contributed by atoms with E-state index in [1.165, 1.54) is 19.3 Å². The van der Waals surface area contributed by atoms with Crippen LogP contribution in [-0.4, -0.2) is 34.7 Å². The number of hydrogen-bond acceptors (Lipinski definition) is 4. The van der Waals surface area contributed by atoms with E-state index >= 15 is 0 Å². The summed E-state index contributed by atoms with van der Waals surface area (Å²) in [5.74, 6) is 2.90. The zero-order valence-corrected chi connectivity index (χ0v) is 14.4. The molecule has 1 unspecified atom stereocenters. The molecule has 1 fully saturated rings. The van der Waals surface area contributed by atoms with Gasteiger partial charge in [-0.3, -0.25) is 4.79 Å². The van der Waals surface area contributed by atoms with Gasteiger partial charge in [-0.25, -0.2) is 4.98 Å². The van der Waals surface area contributed by atoms with Gasteiger partial charge in [0.1, 0.15) is 12.4 Å². The molecule has 6 heteroatoms. The second kappa shape index (κ2) is 6.78. The predicted octanol–water partition coefficient (Wildman–Crippen LogP) is 2.42. The van der Waals surface area contributed by atoms with Crippen LogP contribution < -0.4 is 14.8 Å². The molecule has 1 aliphatic heterocycles. The summed E-state index contributed by atoms with van der Waals surface area (Å²) in [5.41, 5.74) is 1.14. The Morgan fingerprint density at radius 2 is 2.12 bits per heavy atom. The van der Waals surface area contributed by atoms with Crippen LogP contribution in [0, 0.1) is 6.92 Å². The van der Waals surface area contributed by atoms with Crippen molar-refractivity contribution >= 4 is 5.91 Å². The molecule has 0 bridgehead atoms. The van der Waals surface area contributed by atoms with Gasteiger partial charge in [0.2, 0.25) is 6.10 Å². The van der Waals surface area contributed by atoms with Gasteiger partial charge in [-0.1, -0.05) is 18.6 Å². The SMILES string of the molecule is Cc1cnc(C2CCC2)n1CCNC(=O)C1COc2ccccc2O1. The molecule has 0 spiro atoms. The lowest BCUT2D eigenvalue weighted by Gasteiger charge is -2.27. The predicted molar refractivity (Wildman–Crippen MR) is 92.9 cm³/mol. The van der Waals surface area contributed by atoms with Crippen LogP contribution in [0.25, 0.3) is 0 Å². The number of imidazole rings is 1. The van der Waals surface area contributed by atoms with Crippen LogP contribution in [0.15, 0.2) is 30.5 Å². The van der Waals surface area contributed by atoms with E-state index in [9.17, 15) is 4.79 Å². The molecule has 6 nitrogen and oxygen atoms in total. The second-order valence-corrected chi connectivity index (χ2v) is 6.69. The lowest BCUT2D eigenvalue weighted by atomic mass is 9.85. The van der Waals surface area contributed by atoms with Gasteiger partial charge < -0.3 is 19.4 Å². The fraction of sp³-hybridized carbons (Fsp3) is 0.474. The van der Waals surface area contributed by atoms with E-state index in [2.05, 4.69) is 21.8 Å². The third-order valence-electron chi connectivity index (χ3n) is 4.99. The Morgan fingerprint density at radius 3 is 2.88 bits per heavy atom. The summed E-state index contributed by atoms with van der Waals surface area (Å²) in [4.78, 5) is 16.9. The zero-order chi connectivity index (χ0) is 17.2. The highest BCUT2D eigenvalue weighted by Gasteiger charge is 2.27. The molecule has 0 saturated heterocycles. The second-order valence-electron chi connectivity index (χ2n) is 6.69. The highest BCUT2D eigenvalue weighted by Crippen LogP contribution is 2.35. The minimum atomic E-state index is -0.607. The number of fused-ring (bicyclic) bond motifs is 1. The maximum Gasteiger partial charge on any atom is 0.264 e. The standard InChI is InChI=1S/C19H23N3O3/c1-13-11-21-18(14-5-4-6-14)22(13)10-9-20-19(23)17-12-24-15-7-2-3-8-16(15)25-17/h2-3,7-8,11,14,17H,4-6,9-10,12H2,1H3,(H,20,23). The van der Waals surface area contributed by atoms with Gasteiger partial charge >= 0.3 is 0 Å². The molecule has 25 heavy (non-hydrogen) atoms. The first kappa shape index (κ1) is 16.0. The molecule has 132 valence electrons. The van der Waals surface area contributed by atoms with Crippen LogP contribution >= 0.6 is 0 Å². The van der Waals surface area contributed by atoms with Crippen molar-refractivity contribution in [3.05, 3.63) is 42.0 Å². The van der Waals surface area contributed by atoms with Gasteiger partial charge in [0, 0.05) is 30.9 Å². The number of aromatic nitrogens is 2. The molecular weight excluding hydrogens is 318 g/mol. The number of nitrogens with zero attached hydrogens (tertiary/aromatic N) is 2. The Labute approximate surface area is 147 Å². The van der Waals surface area contributed by atoms with E-state index in [1.54, 1.807) is 0 Å². The Hall–Kier alpha value is -2.50. The first-order valence-electron chi connectivity index (χ1n) is 8.90. The monoisotopic (exact) mass is 341 g/mol. The highest BCUT2D eigenvalue weighted by molar-refractivity contribution is 5.81. The summed E-state index contributed by atoms with van der Waals surface area (Å²) >= 11 is 0. The van der Waals surface area contributed by atoms with Crippen molar-refractivity contribution in [2.45, 2.75) is 44.8 Å².